The average Bonchev–Trinajstić information content (AvgIpc) is 3.63. The van der Waals surface area contributed by atoms with Crippen molar-refractivity contribution in [3.63, 3.8) is 0 Å². The summed E-state index contributed by atoms with van der Waals surface area (Å²) in [6.07, 6.45) is 1.87. The number of pyridine rings is 1. The highest BCUT2D eigenvalue weighted by molar-refractivity contribution is 6.27. The van der Waals surface area contributed by atoms with Crippen molar-refractivity contribution < 1.29 is 0 Å². The lowest BCUT2D eigenvalue weighted by molar-refractivity contribution is 1.18. The van der Waals surface area contributed by atoms with Gasteiger partial charge >= 0.3 is 0 Å². The van der Waals surface area contributed by atoms with Crippen molar-refractivity contribution in [2.24, 2.45) is 0 Å². The number of nitrogens with zero attached hydrogens (tertiary/aromatic N) is 3. The van der Waals surface area contributed by atoms with Crippen LogP contribution in [0.5, 0.6) is 0 Å². The van der Waals surface area contributed by atoms with E-state index >= 15 is 0 Å². The van der Waals surface area contributed by atoms with Gasteiger partial charge < -0.3 is 4.57 Å². The van der Waals surface area contributed by atoms with E-state index in [-0.39, 0.29) is 0 Å². The van der Waals surface area contributed by atoms with Gasteiger partial charge in [0.15, 0.2) is 0 Å². The molecule has 0 aliphatic rings. The van der Waals surface area contributed by atoms with Crippen LogP contribution in [0.2, 0.25) is 0 Å². The number of hydrogen-bond donors (Lipinski definition) is 0. The quantitative estimate of drug-likeness (QED) is 0.165. The fraction of sp³-hybridized carbons (Fsp3) is 0. The second-order valence-electron chi connectivity index (χ2n) is 15.4. The molecule has 272 valence electrons. The number of nitriles is 1. The normalized spacial score (nSPS) is 11.7. The lowest BCUT2D eigenvalue weighted by atomic mass is 9.87. The van der Waals surface area contributed by atoms with Crippen LogP contribution in [-0.4, -0.2) is 9.55 Å². The Hall–Kier alpha value is -8.06. The summed E-state index contributed by atoms with van der Waals surface area (Å²) >= 11 is 0. The van der Waals surface area contributed by atoms with Gasteiger partial charge in [-0.15, -0.1) is 0 Å². The molecule has 0 atom stereocenters. The third-order valence-corrected chi connectivity index (χ3v) is 12.2. The number of para-hydroxylation sites is 2. The van der Waals surface area contributed by atoms with Gasteiger partial charge in [-0.3, -0.25) is 4.98 Å². The summed E-state index contributed by atoms with van der Waals surface area (Å²) in [4.78, 5) is 4.70. The monoisotopic (exact) mass is 747 g/mol. The maximum absolute atomic E-state index is 9.72. The molecular weight excluding hydrogens is 715 g/mol. The van der Waals surface area contributed by atoms with Gasteiger partial charge in [0.25, 0.3) is 0 Å². The fourth-order valence-electron chi connectivity index (χ4n) is 9.44. The van der Waals surface area contributed by atoms with Crippen molar-refractivity contribution in [1.82, 2.24) is 9.55 Å². The Bertz CT molecular complexity index is 3640. The van der Waals surface area contributed by atoms with E-state index in [0.717, 1.165) is 55.3 Å². The standard InChI is InChI=1S/C56H33N3/c57-34-35-11-25-48-49-28-24-43(33-53(49)59(52(48)32-35)44-8-2-1-3-9-44)36-12-14-37(15-13-36)45-26-20-40-23-30-51-46(27-21-41-22-29-50(45)54(40)55(41)51)38-16-18-39(19-17-38)47-10-4-6-42-7-5-31-58-56(42)47/h1-33H. The molecule has 3 heteroatoms. The molecule has 0 radical (unpaired) electrons. The molecular formula is C56H33N3. The van der Waals surface area contributed by atoms with E-state index < -0.39 is 0 Å². The molecule has 10 aromatic carbocycles. The van der Waals surface area contributed by atoms with Gasteiger partial charge in [0.1, 0.15) is 0 Å². The first-order chi connectivity index (χ1) is 29.2. The van der Waals surface area contributed by atoms with E-state index in [4.69, 9.17) is 4.98 Å². The Balaban J connectivity index is 0.935. The maximum atomic E-state index is 9.72. The summed E-state index contributed by atoms with van der Waals surface area (Å²) in [6, 6.07) is 72.2. The first-order valence-electron chi connectivity index (χ1n) is 20.0. The van der Waals surface area contributed by atoms with Crippen LogP contribution in [0.15, 0.2) is 200 Å². The second-order valence-corrected chi connectivity index (χ2v) is 15.4. The summed E-state index contributed by atoms with van der Waals surface area (Å²) in [5.74, 6) is 0. The Kier molecular flexibility index (Phi) is 7.29. The average molecular weight is 748 g/mol. The highest BCUT2D eigenvalue weighted by Gasteiger charge is 2.17. The Morgan fingerprint density at radius 1 is 0.390 bits per heavy atom. The molecule has 0 saturated carbocycles. The molecule has 0 unspecified atom stereocenters. The molecule has 0 aliphatic carbocycles. The van der Waals surface area contributed by atoms with Crippen molar-refractivity contribution in [3.05, 3.63) is 206 Å². The van der Waals surface area contributed by atoms with Gasteiger partial charge in [0.2, 0.25) is 0 Å². The molecule has 12 rings (SSSR count). The van der Waals surface area contributed by atoms with Crippen molar-refractivity contribution >= 4 is 65.0 Å². The lowest BCUT2D eigenvalue weighted by Crippen LogP contribution is -1.93. The summed E-state index contributed by atoms with van der Waals surface area (Å²) in [7, 11) is 0. The van der Waals surface area contributed by atoms with Crippen LogP contribution < -0.4 is 0 Å². The molecule has 59 heavy (non-hydrogen) atoms. The summed E-state index contributed by atoms with van der Waals surface area (Å²) < 4.78 is 2.28. The second kappa shape index (κ2) is 13.0. The van der Waals surface area contributed by atoms with Gasteiger partial charge in [0, 0.05) is 33.6 Å². The third-order valence-electron chi connectivity index (χ3n) is 12.2. The van der Waals surface area contributed by atoms with E-state index in [1.807, 2.05) is 30.5 Å². The maximum Gasteiger partial charge on any atom is 0.0992 e. The van der Waals surface area contributed by atoms with E-state index in [1.165, 1.54) is 60.0 Å². The molecule has 0 N–H and O–H groups in total. The SMILES string of the molecule is N#Cc1ccc2c3ccc(-c4ccc(-c5ccc6ccc7c(-c8ccc(-c9cccc%10cccnc9%10)cc8)ccc8ccc5c6c87)cc4)cc3n(-c3ccccc3)c2c1. The third kappa shape index (κ3) is 5.17. The molecule has 0 fully saturated rings. The highest BCUT2D eigenvalue weighted by atomic mass is 15.0. The minimum absolute atomic E-state index is 0.654. The van der Waals surface area contributed by atoms with Gasteiger partial charge in [0.05, 0.1) is 28.2 Å². The van der Waals surface area contributed by atoms with Crippen molar-refractivity contribution in [1.29, 1.82) is 5.26 Å². The molecule has 12 aromatic rings. The predicted octanol–water partition coefficient (Wildman–Crippen LogP) is 14.8. The van der Waals surface area contributed by atoms with E-state index in [1.54, 1.807) is 0 Å². The summed E-state index contributed by atoms with van der Waals surface area (Å²) in [5, 5.41) is 20.8. The van der Waals surface area contributed by atoms with Gasteiger partial charge in [-0.1, -0.05) is 158 Å². The molecule has 0 saturated heterocycles. The zero-order valence-corrected chi connectivity index (χ0v) is 31.9. The van der Waals surface area contributed by atoms with Crippen LogP contribution in [0.3, 0.4) is 0 Å². The van der Waals surface area contributed by atoms with Gasteiger partial charge in [-0.05, 0) is 108 Å². The Morgan fingerprint density at radius 2 is 0.932 bits per heavy atom. The smallest absolute Gasteiger partial charge is 0.0992 e. The zero-order chi connectivity index (χ0) is 39.0. The van der Waals surface area contributed by atoms with Crippen LogP contribution >= 0.6 is 0 Å². The zero-order valence-electron chi connectivity index (χ0n) is 31.9. The number of aromatic nitrogens is 2. The fourth-order valence-corrected chi connectivity index (χ4v) is 9.44. The van der Waals surface area contributed by atoms with E-state index in [9.17, 15) is 5.26 Å². The van der Waals surface area contributed by atoms with Gasteiger partial charge in [-0.25, -0.2) is 0 Å². The topological polar surface area (TPSA) is 41.6 Å². The number of benzene rings is 10. The first-order valence-corrected chi connectivity index (χ1v) is 20.0. The molecule has 0 aliphatic heterocycles. The summed E-state index contributed by atoms with van der Waals surface area (Å²) in [6.45, 7) is 0. The molecule has 2 heterocycles. The molecule has 3 nitrogen and oxygen atoms in total. The minimum atomic E-state index is 0.654. The Labute approximate surface area is 340 Å². The highest BCUT2D eigenvalue weighted by Crippen LogP contribution is 2.43. The Morgan fingerprint density at radius 3 is 1.59 bits per heavy atom. The van der Waals surface area contributed by atoms with Crippen LogP contribution in [0.1, 0.15) is 5.56 Å². The van der Waals surface area contributed by atoms with Crippen LogP contribution in [0, 0.1) is 11.3 Å². The van der Waals surface area contributed by atoms with Crippen molar-refractivity contribution in [3.8, 4) is 56.3 Å². The summed E-state index contributed by atoms with van der Waals surface area (Å²) in [5.41, 5.74) is 14.4. The lowest BCUT2D eigenvalue weighted by Gasteiger charge is -2.17. The number of rotatable bonds is 5. The van der Waals surface area contributed by atoms with Crippen LogP contribution in [-0.2, 0) is 0 Å². The van der Waals surface area contributed by atoms with E-state index in [2.05, 4.69) is 180 Å². The van der Waals surface area contributed by atoms with Crippen LogP contribution in [0.25, 0.3) is 115 Å². The van der Waals surface area contributed by atoms with E-state index in [0.29, 0.717) is 5.56 Å². The molecule has 0 spiro atoms. The van der Waals surface area contributed by atoms with Crippen molar-refractivity contribution in [2.45, 2.75) is 0 Å². The largest absolute Gasteiger partial charge is 0.309 e. The predicted molar refractivity (Wildman–Crippen MR) is 246 cm³/mol. The molecule has 0 bridgehead atoms. The molecule has 2 aromatic heterocycles. The first kappa shape index (κ1) is 33.1. The van der Waals surface area contributed by atoms with Crippen LogP contribution in [0.4, 0.5) is 0 Å². The molecule has 0 amide bonds. The number of hydrogen-bond acceptors (Lipinski definition) is 2. The van der Waals surface area contributed by atoms with Crippen molar-refractivity contribution in [2.75, 3.05) is 0 Å². The minimum Gasteiger partial charge on any atom is -0.309 e. The van der Waals surface area contributed by atoms with Gasteiger partial charge in [-0.2, -0.15) is 5.26 Å². The number of fused-ring (bicyclic) bond motifs is 4.